The van der Waals surface area contributed by atoms with Gasteiger partial charge in [-0.3, -0.25) is 10.1 Å². The maximum Gasteiger partial charge on any atom is 0.334 e. The van der Waals surface area contributed by atoms with E-state index >= 15 is 0 Å². The number of nitro benzene ring substituents is 1. The van der Waals surface area contributed by atoms with Gasteiger partial charge in [-0.25, -0.2) is 4.79 Å². The van der Waals surface area contributed by atoms with E-state index in [9.17, 15) is 14.9 Å². The van der Waals surface area contributed by atoms with E-state index in [1.165, 1.54) is 12.1 Å². The number of hydrogen-bond acceptors (Lipinski definition) is 4. The Morgan fingerprint density at radius 3 is 2.28 bits per heavy atom. The van der Waals surface area contributed by atoms with Gasteiger partial charge in [-0.05, 0) is 44.5 Å². The average Bonchev–Trinajstić information content (AvgIpc) is 2.92. The van der Waals surface area contributed by atoms with Crippen molar-refractivity contribution in [3.8, 4) is 0 Å². The Bertz CT molecular complexity index is 795. The SMILES string of the molecule is CC(=C\C(C)=C\c1ccc([N+](=O)[O-])cc1)/C=C(C)/C=C1\CCOC1=O. The number of hydrogen-bond donors (Lipinski definition) is 0. The van der Waals surface area contributed by atoms with Crippen LogP contribution < -0.4 is 0 Å². The minimum absolute atomic E-state index is 0.0820. The van der Waals surface area contributed by atoms with Crippen LogP contribution in [0.1, 0.15) is 32.8 Å². The second kappa shape index (κ2) is 8.24. The largest absolute Gasteiger partial charge is 0.462 e. The van der Waals surface area contributed by atoms with E-state index < -0.39 is 4.92 Å². The maximum absolute atomic E-state index is 11.5. The standard InChI is InChI=1S/C20H21NO4/c1-14(11-16(3)13-18-8-9-25-20(18)22)10-15(2)12-17-4-6-19(7-5-17)21(23)24/h4-7,10-13H,8-9H2,1-3H3/b14-10+,15-12+,16-11+,18-13+. The van der Waals surface area contributed by atoms with Gasteiger partial charge in [-0.2, -0.15) is 0 Å². The molecule has 130 valence electrons. The molecule has 0 radical (unpaired) electrons. The molecule has 1 aromatic carbocycles. The fraction of sp³-hybridized carbons (Fsp3) is 0.250. The summed E-state index contributed by atoms with van der Waals surface area (Å²) in [6.07, 6.45) is 8.51. The fourth-order valence-electron chi connectivity index (χ4n) is 2.65. The Labute approximate surface area is 147 Å². The van der Waals surface area contributed by atoms with Gasteiger partial charge in [0.2, 0.25) is 0 Å². The van der Waals surface area contributed by atoms with Crippen LogP contribution in [0.3, 0.4) is 0 Å². The molecule has 25 heavy (non-hydrogen) atoms. The number of cyclic esters (lactones) is 1. The monoisotopic (exact) mass is 339 g/mol. The number of nitro groups is 1. The van der Waals surface area contributed by atoms with Crippen LogP contribution in [-0.4, -0.2) is 17.5 Å². The number of esters is 1. The normalized spacial score (nSPS) is 17.8. The molecule has 2 rings (SSSR count). The third kappa shape index (κ3) is 5.57. The molecule has 5 nitrogen and oxygen atoms in total. The zero-order valence-corrected chi connectivity index (χ0v) is 14.6. The molecule has 0 bridgehead atoms. The Morgan fingerprint density at radius 1 is 1.08 bits per heavy atom. The van der Waals surface area contributed by atoms with Crippen molar-refractivity contribution < 1.29 is 14.5 Å². The van der Waals surface area contributed by atoms with Crippen LogP contribution in [0.25, 0.3) is 6.08 Å². The van der Waals surface area contributed by atoms with E-state index in [-0.39, 0.29) is 11.7 Å². The summed E-state index contributed by atoms with van der Waals surface area (Å²) in [5.74, 6) is -0.233. The van der Waals surface area contributed by atoms with Crippen molar-refractivity contribution in [2.75, 3.05) is 6.61 Å². The minimum Gasteiger partial charge on any atom is -0.462 e. The molecule has 0 atom stereocenters. The van der Waals surface area contributed by atoms with E-state index in [2.05, 4.69) is 0 Å². The molecule has 0 spiro atoms. The van der Waals surface area contributed by atoms with Crippen LogP contribution in [0.15, 0.2) is 64.8 Å². The topological polar surface area (TPSA) is 69.4 Å². The van der Waals surface area contributed by atoms with Gasteiger partial charge in [-0.15, -0.1) is 0 Å². The van der Waals surface area contributed by atoms with Gasteiger partial charge >= 0.3 is 5.97 Å². The lowest BCUT2D eigenvalue weighted by Gasteiger charge is -2.00. The first-order chi connectivity index (χ1) is 11.8. The highest BCUT2D eigenvalue weighted by atomic mass is 16.6. The number of carbonyl (C=O) groups excluding carboxylic acids is 1. The Balaban J connectivity index is 2.10. The highest BCUT2D eigenvalue weighted by Gasteiger charge is 2.17. The molecule has 0 saturated carbocycles. The summed E-state index contributed by atoms with van der Waals surface area (Å²) in [6, 6.07) is 6.43. The molecule has 0 aliphatic carbocycles. The van der Waals surface area contributed by atoms with Gasteiger partial charge in [0.25, 0.3) is 5.69 Å². The lowest BCUT2D eigenvalue weighted by Crippen LogP contribution is -1.94. The van der Waals surface area contributed by atoms with Crippen molar-refractivity contribution in [1.82, 2.24) is 0 Å². The molecule has 1 aromatic rings. The molecule has 1 heterocycles. The summed E-state index contributed by atoms with van der Waals surface area (Å²) in [4.78, 5) is 21.7. The quantitative estimate of drug-likeness (QED) is 0.255. The van der Waals surface area contributed by atoms with Gasteiger partial charge in [0.15, 0.2) is 0 Å². The molecular formula is C20H21NO4. The first-order valence-electron chi connectivity index (χ1n) is 8.02. The zero-order chi connectivity index (χ0) is 18.4. The highest BCUT2D eigenvalue weighted by molar-refractivity contribution is 5.90. The molecule has 0 N–H and O–H groups in total. The Hall–Kier alpha value is -2.95. The van der Waals surface area contributed by atoms with Gasteiger partial charge in [0, 0.05) is 24.1 Å². The summed E-state index contributed by atoms with van der Waals surface area (Å²) in [7, 11) is 0. The molecule has 1 aliphatic heterocycles. The average molecular weight is 339 g/mol. The van der Waals surface area contributed by atoms with Crippen LogP contribution in [0.2, 0.25) is 0 Å². The Morgan fingerprint density at radius 2 is 1.72 bits per heavy atom. The molecule has 1 saturated heterocycles. The highest BCUT2D eigenvalue weighted by Crippen LogP contribution is 2.18. The third-order valence-corrected chi connectivity index (χ3v) is 3.68. The Kier molecular flexibility index (Phi) is 6.06. The second-order valence-corrected chi connectivity index (χ2v) is 6.07. The molecule has 0 aromatic heterocycles. The molecule has 0 unspecified atom stereocenters. The van der Waals surface area contributed by atoms with Crippen molar-refractivity contribution in [3.63, 3.8) is 0 Å². The van der Waals surface area contributed by atoms with Crippen LogP contribution in [0, 0.1) is 10.1 Å². The van der Waals surface area contributed by atoms with Gasteiger partial charge in [-0.1, -0.05) is 34.9 Å². The predicted molar refractivity (Wildman–Crippen MR) is 97.9 cm³/mol. The number of nitrogens with zero attached hydrogens (tertiary/aromatic N) is 1. The van der Waals surface area contributed by atoms with E-state index in [0.717, 1.165) is 22.3 Å². The number of carbonyl (C=O) groups is 1. The fourth-order valence-corrected chi connectivity index (χ4v) is 2.65. The summed E-state index contributed by atoms with van der Waals surface area (Å²) < 4.78 is 4.93. The van der Waals surface area contributed by atoms with Gasteiger partial charge < -0.3 is 4.74 Å². The van der Waals surface area contributed by atoms with Crippen LogP contribution >= 0.6 is 0 Å². The first kappa shape index (κ1) is 18.4. The third-order valence-electron chi connectivity index (χ3n) is 3.68. The number of allylic oxidation sites excluding steroid dienone is 6. The van der Waals surface area contributed by atoms with Gasteiger partial charge in [0.05, 0.1) is 11.5 Å². The van der Waals surface area contributed by atoms with Crippen LogP contribution in [-0.2, 0) is 9.53 Å². The van der Waals surface area contributed by atoms with Crippen molar-refractivity contribution >= 4 is 17.7 Å². The lowest BCUT2D eigenvalue weighted by atomic mass is 10.1. The molecule has 5 heteroatoms. The minimum atomic E-state index is -0.410. The number of ether oxygens (including phenoxy) is 1. The second-order valence-electron chi connectivity index (χ2n) is 6.07. The van der Waals surface area contributed by atoms with Crippen molar-refractivity contribution in [2.45, 2.75) is 27.2 Å². The van der Waals surface area contributed by atoms with Crippen molar-refractivity contribution in [1.29, 1.82) is 0 Å². The van der Waals surface area contributed by atoms with E-state index in [1.807, 2.05) is 45.1 Å². The summed E-state index contributed by atoms with van der Waals surface area (Å²) in [5, 5.41) is 10.7. The zero-order valence-electron chi connectivity index (χ0n) is 14.6. The van der Waals surface area contributed by atoms with Crippen molar-refractivity contribution in [2.24, 2.45) is 0 Å². The smallest absolute Gasteiger partial charge is 0.334 e. The van der Waals surface area contributed by atoms with Crippen LogP contribution in [0.5, 0.6) is 0 Å². The van der Waals surface area contributed by atoms with E-state index in [1.54, 1.807) is 12.1 Å². The molecule has 1 fully saturated rings. The first-order valence-corrected chi connectivity index (χ1v) is 8.02. The molecule has 0 amide bonds. The molecular weight excluding hydrogens is 318 g/mol. The number of benzene rings is 1. The van der Waals surface area contributed by atoms with Gasteiger partial charge in [0.1, 0.15) is 0 Å². The van der Waals surface area contributed by atoms with E-state index in [4.69, 9.17) is 4.74 Å². The summed E-state index contributed by atoms with van der Waals surface area (Å²) >= 11 is 0. The lowest BCUT2D eigenvalue weighted by molar-refractivity contribution is -0.384. The predicted octanol–water partition coefficient (Wildman–Crippen LogP) is 4.76. The van der Waals surface area contributed by atoms with E-state index in [0.29, 0.717) is 18.6 Å². The number of rotatable bonds is 5. The summed E-state index contributed by atoms with van der Waals surface area (Å²) in [6.45, 7) is 6.37. The van der Waals surface area contributed by atoms with Crippen LogP contribution in [0.4, 0.5) is 5.69 Å². The number of non-ortho nitro benzene ring substituents is 1. The molecule has 1 aliphatic rings. The van der Waals surface area contributed by atoms with Crippen molar-refractivity contribution in [3.05, 3.63) is 80.5 Å². The summed E-state index contributed by atoms with van der Waals surface area (Å²) in [5.41, 5.74) is 4.77. The maximum atomic E-state index is 11.5.